The van der Waals surface area contributed by atoms with E-state index in [4.69, 9.17) is 19.6 Å². The molecular weight excluding hydrogens is 535 g/mol. The van der Waals surface area contributed by atoms with E-state index in [0.717, 1.165) is 28.1 Å². The van der Waals surface area contributed by atoms with Crippen LogP contribution in [0.2, 0.25) is 18.1 Å². The number of esters is 1. The van der Waals surface area contributed by atoms with Crippen molar-refractivity contribution >= 4 is 20.0 Å². The lowest BCUT2D eigenvalue weighted by Crippen LogP contribution is -2.42. The number of benzene rings is 3. The molecule has 0 aliphatic rings. The third-order valence-electron chi connectivity index (χ3n) is 8.12. The van der Waals surface area contributed by atoms with Crippen LogP contribution in [0, 0.1) is 11.7 Å². The molecule has 41 heavy (non-hydrogen) atoms. The summed E-state index contributed by atoms with van der Waals surface area (Å²) >= 11 is 0. The van der Waals surface area contributed by atoms with E-state index in [2.05, 4.69) is 39.2 Å². The first-order chi connectivity index (χ1) is 19.4. The predicted molar refractivity (Wildman–Crippen MR) is 166 cm³/mol. The SMILES string of the molecule is COC(=O)C(CCC(O[Si](C)(C)C(C)(C)C)c1ccc(F)cc1)[C@H](Nc1ccc(CN)cc1)c1ccc(OC)cc1. The van der Waals surface area contributed by atoms with Crippen molar-refractivity contribution in [2.24, 2.45) is 11.7 Å². The number of halogens is 1. The second-order valence-electron chi connectivity index (χ2n) is 11.9. The quantitative estimate of drug-likeness (QED) is 0.159. The minimum Gasteiger partial charge on any atom is -0.497 e. The minimum atomic E-state index is -2.19. The Hall–Kier alpha value is -3.20. The number of carbonyl (C=O) groups excluding carboxylic acids is 1. The van der Waals surface area contributed by atoms with E-state index in [9.17, 15) is 9.18 Å². The van der Waals surface area contributed by atoms with Gasteiger partial charge >= 0.3 is 5.97 Å². The standard InChI is InChI=1S/C33H45FN2O4Si/c1-33(2,3)41(6,7)40-30(24-10-14-26(34)15-11-24)21-20-29(32(37)39-5)31(25-12-18-28(38-4)19-13-25)36-27-16-8-23(22-35)9-17-27/h8-19,29-31,36H,20-22,35H2,1-7H3/t29?,30?,31-/m1/s1. The second-order valence-corrected chi connectivity index (χ2v) is 16.7. The number of nitrogens with one attached hydrogen (secondary N) is 1. The summed E-state index contributed by atoms with van der Waals surface area (Å²) in [6.45, 7) is 11.4. The first-order valence-corrected chi connectivity index (χ1v) is 17.0. The molecule has 3 aromatic rings. The summed E-state index contributed by atoms with van der Waals surface area (Å²) in [5.74, 6) is -0.416. The molecule has 0 aliphatic carbocycles. The molecule has 8 heteroatoms. The van der Waals surface area contributed by atoms with Gasteiger partial charge in [0.25, 0.3) is 0 Å². The first kappa shape index (κ1) is 32.3. The van der Waals surface area contributed by atoms with Crippen molar-refractivity contribution in [1.29, 1.82) is 0 Å². The monoisotopic (exact) mass is 580 g/mol. The molecule has 0 bridgehead atoms. The van der Waals surface area contributed by atoms with Crippen molar-refractivity contribution in [3.63, 3.8) is 0 Å². The normalized spacial score (nSPS) is 14.2. The van der Waals surface area contributed by atoms with Gasteiger partial charge in [-0.1, -0.05) is 57.2 Å². The lowest BCUT2D eigenvalue weighted by molar-refractivity contribution is -0.146. The van der Waals surface area contributed by atoms with Crippen molar-refractivity contribution in [2.45, 2.75) is 70.4 Å². The van der Waals surface area contributed by atoms with Crippen LogP contribution in [-0.2, 0) is 20.5 Å². The Morgan fingerprint density at radius 1 is 0.902 bits per heavy atom. The van der Waals surface area contributed by atoms with Gasteiger partial charge in [0, 0.05) is 12.2 Å². The number of carbonyl (C=O) groups is 1. The molecule has 0 amide bonds. The van der Waals surface area contributed by atoms with Gasteiger partial charge in [0.15, 0.2) is 8.32 Å². The Balaban J connectivity index is 1.98. The molecule has 3 rings (SSSR count). The summed E-state index contributed by atoms with van der Waals surface area (Å²) in [5.41, 5.74) is 9.50. The van der Waals surface area contributed by atoms with Gasteiger partial charge in [0.05, 0.1) is 32.3 Å². The number of ether oxygens (including phenoxy) is 2. The summed E-state index contributed by atoms with van der Waals surface area (Å²) in [6.07, 6.45) is 0.732. The molecule has 2 unspecified atom stereocenters. The molecule has 6 nitrogen and oxygen atoms in total. The van der Waals surface area contributed by atoms with E-state index < -0.39 is 14.2 Å². The second kappa shape index (κ2) is 14.1. The average molecular weight is 581 g/mol. The Kier molecular flexibility index (Phi) is 11.1. The van der Waals surface area contributed by atoms with Crippen LogP contribution in [0.15, 0.2) is 72.8 Å². The summed E-state index contributed by atoms with van der Waals surface area (Å²) in [6, 6.07) is 21.7. The summed E-state index contributed by atoms with van der Waals surface area (Å²) < 4.78 is 31.4. The fraction of sp³-hybridized carbons (Fsp3) is 0.424. The third-order valence-corrected chi connectivity index (χ3v) is 12.6. The van der Waals surface area contributed by atoms with Gasteiger partial charge in [-0.25, -0.2) is 4.39 Å². The topological polar surface area (TPSA) is 82.8 Å². The zero-order valence-electron chi connectivity index (χ0n) is 25.4. The van der Waals surface area contributed by atoms with Crippen molar-refractivity contribution in [2.75, 3.05) is 19.5 Å². The highest BCUT2D eigenvalue weighted by Gasteiger charge is 2.40. The number of hydrogen-bond acceptors (Lipinski definition) is 6. The van der Waals surface area contributed by atoms with E-state index in [1.54, 1.807) is 19.2 Å². The van der Waals surface area contributed by atoms with Crippen LogP contribution in [-0.4, -0.2) is 28.5 Å². The predicted octanol–water partition coefficient (Wildman–Crippen LogP) is 7.78. The number of anilines is 1. The zero-order chi connectivity index (χ0) is 30.2. The van der Waals surface area contributed by atoms with Gasteiger partial charge in [0.1, 0.15) is 11.6 Å². The molecule has 222 valence electrons. The van der Waals surface area contributed by atoms with E-state index in [-0.39, 0.29) is 29.0 Å². The Bertz CT molecular complexity index is 1240. The molecule has 0 heterocycles. The highest BCUT2D eigenvalue weighted by atomic mass is 28.4. The molecule has 3 aromatic carbocycles. The Morgan fingerprint density at radius 2 is 1.49 bits per heavy atom. The van der Waals surface area contributed by atoms with Gasteiger partial charge in [-0.05, 0) is 84.1 Å². The van der Waals surface area contributed by atoms with Crippen LogP contribution in [0.5, 0.6) is 5.75 Å². The molecule has 3 atom stereocenters. The van der Waals surface area contributed by atoms with Crippen LogP contribution in [0.3, 0.4) is 0 Å². The molecule has 0 saturated heterocycles. The maximum absolute atomic E-state index is 13.8. The molecule has 3 N–H and O–H groups in total. The number of nitrogens with two attached hydrogens (primary N) is 1. The Labute approximate surface area is 245 Å². The summed E-state index contributed by atoms with van der Waals surface area (Å²) in [4.78, 5) is 13.4. The highest BCUT2D eigenvalue weighted by molar-refractivity contribution is 6.74. The average Bonchev–Trinajstić information content (AvgIpc) is 2.96. The highest BCUT2D eigenvalue weighted by Crippen LogP contribution is 2.42. The van der Waals surface area contributed by atoms with E-state index in [0.29, 0.717) is 19.4 Å². The summed E-state index contributed by atoms with van der Waals surface area (Å²) in [7, 11) is 0.847. The number of hydrogen-bond donors (Lipinski definition) is 2. The summed E-state index contributed by atoms with van der Waals surface area (Å²) in [5, 5.41) is 3.56. The fourth-order valence-corrected chi connectivity index (χ4v) is 5.87. The smallest absolute Gasteiger partial charge is 0.311 e. The number of methoxy groups -OCH3 is 2. The van der Waals surface area contributed by atoms with Crippen molar-refractivity contribution in [3.8, 4) is 5.75 Å². The van der Waals surface area contributed by atoms with Crippen LogP contribution in [0.1, 0.15) is 62.4 Å². The van der Waals surface area contributed by atoms with E-state index in [1.165, 1.54) is 19.2 Å². The van der Waals surface area contributed by atoms with Gasteiger partial charge < -0.3 is 25.0 Å². The lowest BCUT2D eigenvalue weighted by Gasteiger charge is -2.40. The molecule has 0 spiro atoms. The minimum absolute atomic E-state index is 0.0179. The first-order valence-electron chi connectivity index (χ1n) is 14.1. The van der Waals surface area contributed by atoms with Gasteiger partial charge in [-0.15, -0.1) is 0 Å². The van der Waals surface area contributed by atoms with Gasteiger partial charge in [0.2, 0.25) is 0 Å². The van der Waals surface area contributed by atoms with Crippen LogP contribution in [0.25, 0.3) is 0 Å². The maximum Gasteiger partial charge on any atom is 0.311 e. The van der Waals surface area contributed by atoms with Crippen molar-refractivity contribution in [1.82, 2.24) is 0 Å². The molecule has 0 fully saturated rings. The largest absolute Gasteiger partial charge is 0.497 e. The maximum atomic E-state index is 13.8. The van der Waals surface area contributed by atoms with Crippen molar-refractivity contribution < 1.29 is 23.1 Å². The van der Waals surface area contributed by atoms with Crippen molar-refractivity contribution in [3.05, 3.63) is 95.3 Å². The zero-order valence-corrected chi connectivity index (χ0v) is 26.4. The lowest BCUT2D eigenvalue weighted by atomic mass is 9.87. The molecule has 0 radical (unpaired) electrons. The van der Waals surface area contributed by atoms with Crippen LogP contribution in [0.4, 0.5) is 10.1 Å². The molecular formula is C33H45FN2O4Si. The third kappa shape index (κ3) is 8.64. The number of rotatable bonds is 13. The van der Waals surface area contributed by atoms with Gasteiger partial charge in [-0.3, -0.25) is 4.79 Å². The molecule has 0 saturated carbocycles. The van der Waals surface area contributed by atoms with E-state index >= 15 is 0 Å². The molecule has 0 aliphatic heterocycles. The van der Waals surface area contributed by atoms with E-state index in [1.807, 2.05) is 48.5 Å². The molecule has 0 aromatic heterocycles. The van der Waals surface area contributed by atoms with Crippen LogP contribution >= 0.6 is 0 Å². The van der Waals surface area contributed by atoms with Crippen LogP contribution < -0.4 is 15.8 Å². The van der Waals surface area contributed by atoms with Gasteiger partial charge in [-0.2, -0.15) is 0 Å². The Morgan fingerprint density at radius 3 is 2.00 bits per heavy atom. The fourth-order valence-electron chi connectivity index (χ4n) is 4.55.